The number of benzene rings is 2. The van der Waals surface area contributed by atoms with Gasteiger partial charge < -0.3 is 14.5 Å². The van der Waals surface area contributed by atoms with E-state index in [0.717, 1.165) is 48.8 Å². The molecule has 0 aromatic heterocycles. The number of carbonyl (C=O) groups excluding carboxylic acids is 1. The van der Waals surface area contributed by atoms with Crippen LogP contribution in [0.2, 0.25) is 5.02 Å². The lowest BCUT2D eigenvalue weighted by Gasteiger charge is -2.32. The molecule has 5 heteroatoms. The van der Waals surface area contributed by atoms with Crippen LogP contribution in [-0.2, 0) is 11.3 Å². The lowest BCUT2D eigenvalue weighted by Crippen LogP contribution is -2.40. The highest BCUT2D eigenvalue weighted by molar-refractivity contribution is 6.30. The van der Waals surface area contributed by atoms with Gasteiger partial charge in [0, 0.05) is 36.3 Å². The van der Waals surface area contributed by atoms with Crippen molar-refractivity contribution in [2.75, 3.05) is 32.8 Å². The third kappa shape index (κ3) is 7.68. The molecule has 3 rings (SSSR count). The quantitative estimate of drug-likeness (QED) is 0.419. The molecule has 1 aliphatic heterocycles. The van der Waals surface area contributed by atoms with Crippen LogP contribution in [0, 0.1) is 5.92 Å². The van der Waals surface area contributed by atoms with Gasteiger partial charge in [0.25, 0.3) is 0 Å². The van der Waals surface area contributed by atoms with Gasteiger partial charge in [-0.15, -0.1) is 0 Å². The minimum Gasteiger partial charge on any atom is -0.493 e. The van der Waals surface area contributed by atoms with E-state index in [1.54, 1.807) is 6.08 Å². The Bertz CT molecular complexity index is 873. The topological polar surface area (TPSA) is 32.8 Å². The predicted octanol–water partition coefficient (Wildman–Crippen LogP) is 5.90. The SMILES string of the molecule is CCCOc1ccccc1/C=C/C(=O)N(CCN1CCC(C)CC1)Cc1ccc(Cl)cc1. The molecule has 0 aliphatic carbocycles. The van der Waals surface area contributed by atoms with E-state index in [-0.39, 0.29) is 5.91 Å². The molecule has 172 valence electrons. The number of halogens is 1. The predicted molar refractivity (Wildman–Crippen MR) is 133 cm³/mol. The van der Waals surface area contributed by atoms with Crippen molar-refractivity contribution in [1.82, 2.24) is 9.80 Å². The van der Waals surface area contributed by atoms with Gasteiger partial charge in [-0.1, -0.05) is 55.8 Å². The standard InChI is InChI=1S/C27H35ClN2O2/c1-3-20-32-26-7-5-4-6-24(26)10-13-27(31)30(21-23-8-11-25(28)12-9-23)19-18-29-16-14-22(2)15-17-29/h4-13,22H,3,14-21H2,1-2H3/b13-10+. The lowest BCUT2D eigenvalue weighted by atomic mass is 9.99. The maximum Gasteiger partial charge on any atom is 0.246 e. The summed E-state index contributed by atoms with van der Waals surface area (Å²) in [5.41, 5.74) is 2.00. The number of likely N-dealkylation sites (tertiary alicyclic amines) is 1. The number of amides is 1. The van der Waals surface area contributed by atoms with Crippen LogP contribution in [0.4, 0.5) is 0 Å². The third-order valence-electron chi connectivity index (χ3n) is 5.95. The molecule has 0 atom stereocenters. The van der Waals surface area contributed by atoms with E-state index in [0.29, 0.717) is 24.7 Å². The third-order valence-corrected chi connectivity index (χ3v) is 6.20. The Labute approximate surface area is 197 Å². The average Bonchev–Trinajstić information content (AvgIpc) is 2.81. The molecular weight excluding hydrogens is 420 g/mol. The minimum absolute atomic E-state index is 0.00984. The molecule has 2 aromatic rings. The van der Waals surface area contributed by atoms with Crippen LogP contribution < -0.4 is 4.74 Å². The second kappa shape index (κ2) is 12.7. The largest absolute Gasteiger partial charge is 0.493 e. The maximum atomic E-state index is 13.2. The molecule has 0 radical (unpaired) electrons. The van der Waals surface area contributed by atoms with Gasteiger partial charge in [0.2, 0.25) is 5.91 Å². The summed E-state index contributed by atoms with van der Waals surface area (Å²) in [7, 11) is 0. The molecule has 1 aliphatic rings. The Morgan fingerprint density at radius 3 is 2.59 bits per heavy atom. The number of hydrogen-bond donors (Lipinski definition) is 0. The summed E-state index contributed by atoms with van der Waals surface area (Å²) < 4.78 is 5.83. The van der Waals surface area contributed by atoms with Gasteiger partial charge in [-0.05, 0) is 68.1 Å². The van der Waals surface area contributed by atoms with E-state index >= 15 is 0 Å². The van der Waals surface area contributed by atoms with Gasteiger partial charge in [0.1, 0.15) is 5.75 Å². The van der Waals surface area contributed by atoms with Gasteiger partial charge in [-0.25, -0.2) is 0 Å². The van der Waals surface area contributed by atoms with Crippen LogP contribution in [0.3, 0.4) is 0 Å². The molecule has 4 nitrogen and oxygen atoms in total. The summed E-state index contributed by atoms with van der Waals surface area (Å²) in [4.78, 5) is 17.6. The molecule has 32 heavy (non-hydrogen) atoms. The highest BCUT2D eigenvalue weighted by atomic mass is 35.5. The first-order valence-corrected chi connectivity index (χ1v) is 12.1. The normalized spacial score (nSPS) is 15.2. The Hall–Kier alpha value is -2.30. The minimum atomic E-state index is 0.00984. The van der Waals surface area contributed by atoms with Gasteiger partial charge in [-0.2, -0.15) is 0 Å². The monoisotopic (exact) mass is 454 g/mol. The van der Waals surface area contributed by atoms with E-state index in [2.05, 4.69) is 18.7 Å². The van der Waals surface area contributed by atoms with Crippen molar-refractivity contribution in [2.24, 2.45) is 5.92 Å². The molecule has 1 fully saturated rings. The van der Waals surface area contributed by atoms with Crippen molar-refractivity contribution in [3.63, 3.8) is 0 Å². The fourth-order valence-corrected chi connectivity index (χ4v) is 3.98. The molecule has 0 spiro atoms. The molecule has 1 heterocycles. The maximum absolute atomic E-state index is 13.2. The van der Waals surface area contributed by atoms with Crippen molar-refractivity contribution in [3.05, 3.63) is 70.8 Å². The summed E-state index contributed by atoms with van der Waals surface area (Å²) in [6.45, 7) is 9.46. The van der Waals surface area contributed by atoms with Gasteiger partial charge >= 0.3 is 0 Å². The highest BCUT2D eigenvalue weighted by Gasteiger charge is 2.18. The van der Waals surface area contributed by atoms with Crippen molar-refractivity contribution >= 4 is 23.6 Å². The Kier molecular flexibility index (Phi) is 9.63. The zero-order valence-electron chi connectivity index (χ0n) is 19.3. The fraction of sp³-hybridized carbons (Fsp3) is 0.444. The zero-order chi connectivity index (χ0) is 22.8. The first kappa shape index (κ1) is 24.3. The number of rotatable bonds is 10. The van der Waals surface area contributed by atoms with Crippen molar-refractivity contribution in [1.29, 1.82) is 0 Å². The number of ether oxygens (including phenoxy) is 1. The van der Waals surface area contributed by atoms with Crippen LogP contribution in [0.5, 0.6) is 5.75 Å². The van der Waals surface area contributed by atoms with Crippen LogP contribution in [0.25, 0.3) is 6.08 Å². The van der Waals surface area contributed by atoms with E-state index in [4.69, 9.17) is 16.3 Å². The second-order valence-corrected chi connectivity index (χ2v) is 9.07. The first-order chi connectivity index (χ1) is 15.5. The molecule has 0 N–H and O–H groups in total. The zero-order valence-corrected chi connectivity index (χ0v) is 20.1. The van der Waals surface area contributed by atoms with Crippen LogP contribution in [-0.4, -0.2) is 48.5 Å². The molecular formula is C27H35ClN2O2. The van der Waals surface area contributed by atoms with E-state index in [1.807, 2.05) is 59.5 Å². The summed E-state index contributed by atoms with van der Waals surface area (Å²) in [6, 6.07) is 15.6. The van der Waals surface area contributed by atoms with E-state index in [1.165, 1.54) is 12.8 Å². The Balaban J connectivity index is 1.69. The molecule has 1 amide bonds. The number of para-hydroxylation sites is 1. The summed E-state index contributed by atoms with van der Waals surface area (Å²) in [5.74, 6) is 1.62. The van der Waals surface area contributed by atoms with Gasteiger partial charge in [0.05, 0.1) is 6.61 Å². The smallest absolute Gasteiger partial charge is 0.246 e. The number of hydrogen-bond acceptors (Lipinski definition) is 3. The fourth-order valence-electron chi connectivity index (χ4n) is 3.85. The van der Waals surface area contributed by atoms with Crippen molar-refractivity contribution in [2.45, 2.75) is 39.7 Å². The van der Waals surface area contributed by atoms with Crippen molar-refractivity contribution < 1.29 is 9.53 Å². The number of nitrogens with zero attached hydrogens (tertiary/aromatic N) is 2. The summed E-state index contributed by atoms with van der Waals surface area (Å²) in [6.07, 6.45) is 6.95. The molecule has 0 saturated carbocycles. The molecule has 0 bridgehead atoms. The van der Waals surface area contributed by atoms with E-state index < -0.39 is 0 Å². The average molecular weight is 455 g/mol. The Morgan fingerprint density at radius 2 is 1.88 bits per heavy atom. The van der Waals surface area contributed by atoms with E-state index in [9.17, 15) is 4.79 Å². The summed E-state index contributed by atoms with van der Waals surface area (Å²) in [5, 5.41) is 0.706. The first-order valence-electron chi connectivity index (χ1n) is 11.7. The van der Waals surface area contributed by atoms with Gasteiger partial charge in [-0.3, -0.25) is 4.79 Å². The lowest BCUT2D eigenvalue weighted by molar-refractivity contribution is -0.126. The summed E-state index contributed by atoms with van der Waals surface area (Å²) >= 11 is 6.04. The molecule has 2 aromatic carbocycles. The Morgan fingerprint density at radius 1 is 1.16 bits per heavy atom. The van der Waals surface area contributed by atoms with Gasteiger partial charge in [0.15, 0.2) is 0 Å². The second-order valence-electron chi connectivity index (χ2n) is 8.63. The van der Waals surface area contributed by atoms with Crippen LogP contribution in [0.1, 0.15) is 44.2 Å². The highest BCUT2D eigenvalue weighted by Crippen LogP contribution is 2.20. The molecule has 1 saturated heterocycles. The number of carbonyl (C=O) groups is 1. The number of piperidine rings is 1. The van der Waals surface area contributed by atoms with Crippen molar-refractivity contribution in [3.8, 4) is 5.75 Å². The molecule has 0 unspecified atom stereocenters. The van der Waals surface area contributed by atoms with Crippen LogP contribution >= 0.6 is 11.6 Å². The van der Waals surface area contributed by atoms with Crippen LogP contribution in [0.15, 0.2) is 54.6 Å².